The smallest absolute Gasteiger partial charge is 0.258 e. The van der Waals surface area contributed by atoms with Crippen molar-refractivity contribution in [2.24, 2.45) is 5.73 Å². The van der Waals surface area contributed by atoms with Crippen molar-refractivity contribution in [3.63, 3.8) is 0 Å². The van der Waals surface area contributed by atoms with Crippen molar-refractivity contribution in [2.75, 3.05) is 6.61 Å². The summed E-state index contributed by atoms with van der Waals surface area (Å²) in [5.74, 6) is -0.738. The van der Waals surface area contributed by atoms with E-state index in [9.17, 15) is 13.6 Å². The summed E-state index contributed by atoms with van der Waals surface area (Å²) in [6.07, 6.45) is 1.62. The van der Waals surface area contributed by atoms with Gasteiger partial charge in [-0.1, -0.05) is 11.6 Å². The molecular formula is C16H19ClF2N2O2. The first kappa shape index (κ1) is 16.5. The van der Waals surface area contributed by atoms with E-state index in [0.717, 1.165) is 6.07 Å². The Balaban J connectivity index is 1.56. The molecule has 0 aromatic heterocycles. The lowest BCUT2D eigenvalue weighted by Gasteiger charge is -2.53. The molecule has 4 rings (SSSR count). The van der Waals surface area contributed by atoms with Crippen LogP contribution in [0, 0.1) is 5.82 Å². The third-order valence-electron chi connectivity index (χ3n) is 5.00. The highest BCUT2D eigenvalue weighted by Crippen LogP contribution is 2.46. The van der Waals surface area contributed by atoms with Crippen LogP contribution in [0.2, 0.25) is 5.02 Å². The zero-order valence-electron chi connectivity index (χ0n) is 12.6. The predicted octanol–water partition coefficient (Wildman–Crippen LogP) is 2.73. The maximum atomic E-state index is 14.1. The number of fused-ring (bicyclic) bond motifs is 3. The van der Waals surface area contributed by atoms with E-state index in [1.165, 1.54) is 12.1 Å². The molecule has 2 bridgehead atoms. The van der Waals surface area contributed by atoms with Crippen LogP contribution < -0.4 is 15.8 Å². The molecular weight excluding hydrogens is 326 g/mol. The summed E-state index contributed by atoms with van der Waals surface area (Å²) in [6, 6.07) is 3.97. The average Bonchev–Trinajstić information content (AvgIpc) is 2.51. The lowest BCUT2D eigenvalue weighted by atomic mass is 9.61. The fourth-order valence-electron chi connectivity index (χ4n) is 3.48. The third kappa shape index (κ3) is 3.28. The normalized spacial score (nSPS) is 32.6. The van der Waals surface area contributed by atoms with Crippen LogP contribution >= 0.6 is 11.6 Å². The van der Waals surface area contributed by atoms with Crippen LogP contribution in [0.3, 0.4) is 0 Å². The predicted molar refractivity (Wildman–Crippen MR) is 82.7 cm³/mol. The van der Waals surface area contributed by atoms with Crippen molar-refractivity contribution in [1.29, 1.82) is 0 Å². The number of nitrogens with one attached hydrogen (secondary N) is 1. The van der Waals surface area contributed by atoms with Crippen LogP contribution in [0.15, 0.2) is 18.2 Å². The SMILES string of the molecule is NC12CCC(NC(=O)COc3ccc(Cl)c(F)c3)(CC1)C[C@@H]2F. The molecule has 1 atom stereocenters. The fraction of sp³-hybridized carbons (Fsp3) is 0.562. The van der Waals surface area contributed by atoms with Gasteiger partial charge in [0.05, 0.1) is 5.02 Å². The topological polar surface area (TPSA) is 64.3 Å². The van der Waals surface area contributed by atoms with Crippen LogP contribution in [0.1, 0.15) is 32.1 Å². The van der Waals surface area contributed by atoms with Gasteiger partial charge < -0.3 is 15.8 Å². The number of rotatable bonds is 4. The zero-order valence-corrected chi connectivity index (χ0v) is 13.3. The maximum absolute atomic E-state index is 14.1. The van der Waals surface area contributed by atoms with Crippen LogP contribution in [0.25, 0.3) is 0 Å². The minimum atomic E-state index is -1.10. The fourth-order valence-corrected chi connectivity index (χ4v) is 3.60. The van der Waals surface area contributed by atoms with Crippen LogP contribution in [0.4, 0.5) is 8.78 Å². The Morgan fingerprint density at radius 2 is 2.09 bits per heavy atom. The number of carbonyl (C=O) groups is 1. The lowest BCUT2D eigenvalue weighted by molar-refractivity contribution is -0.127. The summed E-state index contributed by atoms with van der Waals surface area (Å²) < 4.78 is 32.7. The molecule has 0 aliphatic heterocycles. The van der Waals surface area contributed by atoms with Gasteiger partial charge in [-0.25, -0.2) is 8.78 Å². The number of hydrogen-bond acceptors (Lipinski definition) is 3. The van der Waals surface area contributed by atoms with Crippen molar-refractivity contribution < 1.29 is 18.3 Å². The molecule has 3 aliphatic rings. The minimum absolute atomic E-state index is 0.00985. The average molecular weight is 345 g/mol. The largest absolute Gasteiger partial charge is 0.484 e. The van der Waals surface area contributed by atoms with Crippen molar-refractivity contribution in [2.45, 2.75) is 49.4 Å². The van der Waals surface area contributed by atoms with E-state index in [2.05, 4.69) is 5.32 Å². The number of hydrogen-bond donors (Lipinski definition) is 2. The molecule has 3 saturated carbocycles. The Morgan fingerprint density at radius 1 is 1.39 bits per heavy atom. The monoisotopic (exact) mass is 344 g/mol. The van der Waals surface area contributed by atoms with Gasteiger partial charge in [0, 0.05) is 23.6 Å². The highest BCUT2D eigenvalue weighted by atomic mass is 35.5. The van der Waals surface area contributed by atoms with Crippen LogP contribution in [0.5, 0.6) is 5.75 Å². The van der Waals surface area contributed by atoms with Crippen molar-refractivity contribution in [1.82, 2.24) is 5.32 Å². The molecule has 4 nitrogen and oxygen atoms in total. The molecule has 1 aromatic carbocycles. The second kappa shape index (κ2) is 5.91. The molecule has 3 aliphatic carbocycles. The Labute approximate surface area is 138 Å². The van der Waals surface area contributed by atoms with Gasteiger partial charge in [0.1, 0.15) is 17.7 Å². The number of nitrogens with two attached hydrogens (primary N) is 1. The Bertz CT molecular complexity index is 618. The second-order valence-electron chi connectivity index (χ2n) is 6.60. The number of halogens is 3. The molecule has 0 spiro atoms. The zero-order chi connectivity index (χ0) is 16.7. The Kier molecular flexibility index (Phi) is 4.23. The summed E-state index contributed by atoms with van der Waals surface area (Å²) in [5, 5.41) is 2.87. The van der Waals surface area contributed by atoms with E-state index in [1.807, 2.05) is 0 Å². The van der Waals surface area contributed by atoms with Gasteiger partial charge in [-0.05, 0) is 37.8 Å². The highest BCUT2D eigenvalue weighted by Gasteiger charge is 2.53. The summed E-state index contributed by atoms with van der Waals surface area (Å²) >= 11 is 5.58. The van der Waals surface area contributed by atoms with Crippen molar-refractivity contribution in [3.8, 4) is 5.75 Å². The Morgan fingerprint density at radius 3 is 2.70 bits per heavy atom. The van der Waals surface area contributed by atoms with Crippen LogP contribution in [-0.2, 0) is 4.79 Å². The first-order valence-electron chi connectivity index (χ1n) is 7.64. The maximum Gasteiger partial charge on any atom is 0.258 e. The first-order valence-corrected chi connectivity index (χ1v) is 8.02. The quantitative estimate of drug-likeness (QED) is 0.882. The number of benzene rings is 1. The van der Waals surface area contributed by atoms with E-state index in [4.69, 9.17) is 22.1 Å². The van der Waals surface area contributed by atoms with Crippen molar-refractivity contribution >= 4 is 17.5 Å². The van der Waals surface area contributed by atoms with Gasteiger partial charge >= 0.3 is 0 Å². The Hall–Kier alpha value is -1.40. The molecule has 0 heterocycles. The van der Waals surface area contributed by atoms with Crippen LogP contribution in [-0.4, -0.2) is 29.8 Å². The number of amides is 1. The minimum Gasteiger partial charge on any atom is -0.484 e. The molecule has 0 saturated heterocycles. The molecule has 0 radical (unpaired) electrons. The molecule has 3 N–H and O–H groups in total. The van der Waals surface area contributed by atoms with Gasteiger partial charge in [-0.3, -0.25) is 4.79 Å². The van der Waals surface area contributed by atoms with Gasteiger partial charge in [0.2, 0.25) is 0 Å². The van der Waals surface area contributed by atoms with E-state index in [-0.39, 0.29) is 29.7 Å². The third-order valence-corrected chi connectivity index (χ3v) is 5.30. The molecule has 3 fully saturated rings. The summed E-state index contributed by atoms with van der Waals surface area (Å²) in [4.78, 5) is 12.1. The summed E-state index contributed by atoms with van der Waals surface area (Å²) in [6.45, 7) is -0.256. The number of ether oxygens (including phenoxy) is 1. The van der Waals surface area contributed by atoms with E-state index in [0.29, 0.717) is 25.7 Å². The van der Waals surface area contributed by atoms with E-state index < -0.39 is 23.1 Å². The van der Waals surface area contributed by atoms with Gasteiger partial charge in [0.15, 0.2) is 6.61 Å². The highest BCUT2D eigenvalue weighted by molar-refractivity contribution is 6.30. The lowest BCUT2D eigenvalue weighted by Crippen LogP contribution is -2.67. The molecule has 0 unspecified atom stereocenters. The molecule has 1 aromatic rings. The first-order chi connectivity index (χ1) is 10.8. The molecule has 7 heteroatoms. The molecule has 1 amide bonds. The number of alkyl halides is 1. The summed E-state index contributed by atoms with van der Waals surface area (Å²) in [7, 11) is 0. The van der Waals surface area contributed by atoms with E-state index >= 15 is 0 Å². The van der Waals surface area contributed by atoms with E-state index in [1.54, 1.807) is 0 Å². The summed E-state index contributed by atoms with van der Waals surface area (Å²) in [5.41, 5.74) is 4.76. The van der Waals surface area contributed by atoms with Gasteiger partial charge in [0.25, 0.3) is 5.91 Å². The van der Waals surface area contributed by atoms with Gasteiger partial charge in [-0.2, -0.15) is 0 Å². The molecule has 126 valence electrons. The molecule has 23 heavy (non-hydrogen) atoms. The number of carbonyl (C=O) groups excluding carboxylic acids is 1. The second-order valence-corrected chi connectivity index (χ2v) is 7.01. The van der Waals surface area contributed by atoms with Crippen molar-refractivity contribution in [3.05, 3.63) is 29.0 Å². The standard InChI is InChI=1S/C16H19ClF2N2O2/c17-11-2-1-10(7-12(11)18)23-9-14(22)21-15-3-5-16(20,6-4-15)13(19)8-15/h1-2,7,13H,3-6,8-9,20H2,(H,21,22)/t13-,15?,16?/m0/s1. The van der Waals surface area contributed by atoms with Gasteiger partial charge in [-0.15, -0.1) is 0 Å².